The number of halogens is 4. The Hall–Kier alpha value is -2.41. The number of aliphatic hydroxyl groups excluding tert-OH is 1. The third-order valence-corrected chi connectivity index (χ3v) is 3.26. The number of carbonyl (C=O) groups is 1. The molecular weight excluding hydrogens is 314 g/mol. The van der Waals surface area contributed by atoms with Gasteiger partial charge in [0.05, 0.1) is 12.2 Å². The first-order valence-corrected chi connectivity index (χ1v) is 6.65. The van der Waals surface area contributed by atoms with Gasteiger partial charge < -0.3 is 10.4 Å². The summed E-state index contributed by atoms with van der Waals surface area (Å²) in [6, 6.07) is 8.84. The second kappa shape index (κ2) is 6.78. The van der Waals surface area contributed by atoms with Crippen LogP contribution in [0.2, 0.25) is 0 Å². The molecule has 0 atom stereocenters. The summed E-state index contributed by atoms with van der Waals surface area (Å²) in [7, 11) is 0. The summed E-state index contributed by atoms with van der Waals surface area (Å²) < 4.78 is 51.1. The van der Waals surface area contributed by atoms with Crippen LogP contribution in [0.4, 0.5) is 17.6 Å². The third kappa shape index (κ3) is 4.07. The van der Waals surface area contributed by atoms with Crippen LogP contribution >= 0.6 is 0 Å². The van der Waals surface area contributed by atoms with Crippen LogP contribution < -0.4 is 5.32 Å². The van der Waals surface area contributed by atoms with Crippen molar-refractivity contribution in [3.8, 4) is 0 Å². The second-order valence-corrected chi connectivity index (χ2v) is 4.80. The standard InChI is InChI=1S/C16H13F4NO2/c17-14-6-5-10(7-13(14)16(18,19)20)15(23)21-8-11-3-1-2-4-12(11)9-22/h1-7,22H,8-9H2,(H,21,23). The van der Waals surface area contributed by atoms with E-state index in [0.29, 0.717) is 23.3 Å². The van der Waals surface area contributed by atoms with Crippen LogP contribution in [0, 0.1) is 5.82 Å². The van der Waals surface area contributed by atoms with Gasteiger partial charge in [-0.25, -0.2) is 4.39 Å². The number of aliphatic hydroxyl groups is 1. The van der Waals surface area contributed by atoms with Gasteiger partial charge in [-0.05, 0) is 29.3 Å². The van der Waals surface area contributed by atoms with Crippen LogP contribution in [0.25, 0.3) is 0 Å². The molecule has 2 rings (SSSR count). The summed E-state index contributed by atoms with van der Waals surface area (Å²) in [5, 5.41) is 11.6. The summed E-state index contributed by atoms with van der Waals surface area (Å²) in [6.45, 7) is -0.185. The molecule has 2 N–H and O–H groups in total. The Bertz CT molecular complexity index is 713. The van der Waals surface area contributed by atoms with Crippen LogP contribution in [0.5, 0.6) is 0 Å². The fourth-order valence-electron chi connectivity index (χ4n) is 2.05. The van der Waals surface area contributed by atoms with Crippen molar-refractivity contribution in [1.29, 1.82) is 0 Å². The van der Waals surface area contributed by atoms with Gasteiger partial charge in [-0.2, -0.15) is 13.2 Å². The van der Waals surface area contributed by atoms with E-state index >= 15 is 0 Å². The Morgan fingerprint density at radius 2 is 1.74 bits per heavy atom. The highest BCUT2D eigenvalue weighted by atomic mass is 19.4. The second-order valence-electron chi connectivity index (χ2n) is 4.80. The van der Waals surface area contributed by atoms with Crippen LogP contribution in [0.1, 0.15) is 27.0 Å². The number of hydrogen-bond acceptors (Lipinski definition) is 2. The molecule has 0 fully saturated rings. The molecule has 122 valence electrons. The summed E-state index contributed by atoms with van der Waals surface area (Å²) >= 11 is 0. The molecule has 0 unspecified atom stereocenters. The Morgan fingerprint density at radius 1 is 1.09 bits per heavy atom. The van der Waals surface area contributed by atoms with E-state index in [2.05, 4.69) is 5.32 Å². The van der Waals surface area contributed by atoms with Gasteiger partial charge >= 0.3 is 6.18 Å². The largest absolute Gasteiger partial charge is 0.419 e. The van der Waals surface area contributed by atoms with Crippen molar-refractivity contribution in [2.45, 2.75) is 19.3 Å². The molecule has 0 aromatic heterocycles. The van der Waals surface area contributed by atoms with Crippen molar-refractivity contribution in [2.24, 2.45) is 0 Å². The maximum Gasteiger partial charge on any atom is 0.419 e. The summed E-state index contributed by atoms with van der Waals surface area (Å²) in [5.74, 6) is -2.19. The zero-order valence-electron chi connectivity index (χ0n) is 11.8. The highest BCUT2D eigenvalue weighted by Crippen LogP contribution is 2.31. The fraction of sp³-hybridized carbons (Fsp3) is 0.188. The molecule has 0 heterocycles. The van der Waals surface area contributed by atoms with E-state index < -0.39 is 23.5 Å². The molecule has 0 aliphatic rings. The zero-order valence-corrected chi connectivity index (χ0v) is 11.8. The molecule has 0 aliphatic carbocycles. The van der Waals surface area contributed by atoms with Crippen LogP contribution in [-0.4, -0.2) is 11.0 Å². The first-order chi connectivity index (χ1) is 10.8. The first-order valence-electron chi connectivity index (χ1n) is 6.65. The third-order valence-electron chi connectivity index (χ3n) is 3.26. The topological polar surface area (TPSA) is 49.3 Å². The maximum absolute atomic E-state index is 13.2. The Morgan fingerprint density at radius 3 is 2.35 bits per heavy atom. The molecule has 7 heteroatoms. The average Bonchev–Trinajstić information content (AvgIpc) is 2.52. The fourth-order valence-corrected chi connectivity index (χ4v) is 2.05. The van der Waals surface area contributed by atoms with E-state index in [9.17, 15) is 27.5 Å². The van der Waals surface area contributed by atoms with E-state index in [0.717, 1.165) is 6.07 Å². The number of carbonyl (C=O) groups excluding carboxylic acids is 1. The zero-order chi connectivity index (χ0) is 17.0. The lowest BCUT2D eigenvalue weighted by Crippen LogP contribution is -2.24. The monoisotopic (exact) mass is 327 g/mol. The smallest absolute Gasteiger partial charge is 0.392 e. The molecular formula is C16H13F4NO2. The van der Waals surface area contributed by atoms with Crippen LogP contribution in [-0.2, 0) is 19.3 Å². The average molecular weight is 327 g/mol. The quantitative estimate of drug-likeness (QED) is 0.847. The first kappa shape index (κ1) is 17.0. The Labute approximate surface area is 129 Å². The molecule has 0 aliphatic heterocycles. The highest BCUT2D eigenvalue weighted by Gasteiger charge is 2.34. The minimum Gasteiger partial charge on any atom is -0.392 e. The van der Waals surface area contributed by atoms with E-state index in [1.165, 1.54) is 0 Å². The van der Waals surface area contributed by atoms with Gasteiger partial charge in [-0.15, -0.1) is 0 Å². The highest BCUT2D eigenvalue weighted by molar-refractivity contribution is 5.94. The molecule has 0 saturated heterocycles. The van der Waals surface area contributed by atoms with Crippen molar-refractivity contribution in [3.63, 3.8) is 0 Å². The number of benzene rings is 2. The normalized spacial score (nSPS) is 11.3. The summed E-state index contributed by atoms with van der Waals surface area (Å²) in [4.78, 5) is 11.9. The minimum atomic E-state index is -4.87. The lowest BCUT2D eigenvalue weighted by Gasteiger charge is -2.11. The lowest BCUT2D eigenvalue weighted by molar-refractivity contribution is -0.140. The van der Waals surface area contributed by atoms with E-state index in [-0.39, 0.29) is 18.7 Å². The molecule has 2 aromatic rings. The molecule has 2 aromatic carbocycles. The van der Waals surface area contributed by atoms with Crippen molar-refractivity contribution in [2.75, 3.05) is 0 Å². The Kier molecular flexibility index (Phi) is 5.00. The molecule has 1 amide bonds. The Balaban J connectivity index is 2.15. The maximum atomic E-state index is 13.2. The van der Waals surface area contributed by atoms with Crippen LogP contribution in [0.3, 0.4) is 0 Å². The van der Waals surface area contributed by atoms with Gasteiger partial charge in [0.25, 0.3) is 5.91 Å². The number of amides is 1. The van der Waals surface area contributed by atoms with E-state index in [1.54, 1.807) is 24.3 Å². The van der Waals surface area contributed by atoms with Crippen molar-refractivity contribution >= 4 is 5.91 Å². The van der Waals surface area contributed by atoms with Gasteiger partial charge in [0, 0.05) is 12.1 Å². The predicted octanol–water partition coefficient (Wildman–Crippen LogP) is 3.27. The number of nitrogens with one attached hydrogen (secondary N) is 1. The number of hydrogen-bond donors (Lipinski definition) is 2. The van der Waals surface area contributed by atoms with Gasteiger partial charge in [0.15, 0.2) is 0 Å². The predicted molar refractivity (Wildman–Crippen MR) is 74.9 cm³/mol. The summed E-state index contributed by atoms with van der Waals surface area (Å²) in [6.07, 6.45) is -4.87. The van der Waals surface area contributed by atoms with Crippen molar-refractivity contribution in [1.82, 2.24) is 5.32 Å². The van der Waals surface area contributed by atoms with Crippen molar-refractivity contribution in [3.05, 3.63) is 70.5 Å². The van der Waals surface area contributed by atoms with E-state index in [1.807, 2.05) is 0 Å². The van der Waals surface area contributed by atoms with Gasteiger partial charge in [0.2, 0.25) is 0 Å². The van der Waals surface area contributed by atoms with Crippen LogP contribution in [0.15, 0.2) is 42.5 Å². The number of alkyl halides is 3. The van der Waals surface area contributed by atoms with Gasteiger partial charge in [0.1, 0.15) is 5.82 Å². The number of rotatable bonds is 4. The van der Waals surface area contributed by atoms with Gasteiger partial charge in [-0.1, -0.05) is 24.3 Å². The molecule has 0 spiro atoms. The molecule has 23 heavy (non-hydrogen) atoms. The van der Waals surface area contributed by atoms with E-state index in [4.69, 9.17) is 0 Å². The SMILES string of the molecule is O=C(NCc1ccccc1CO)c1ccc(F)c(C(F)(F)F)c1. The van der Waals surface area contributed by atoms with Gasteiger partial charge in [-0.3, -0.25) is 4.79 Å². The van der Waals surface area contributed by atoms with Crippen molar-refractivity contribution < 1.29 is 27.5 Å². The minimum absolute atomic E-state index is 0.0360. The lowest BCUT2D eigenvalue weighted by atomic mass is 10.1. The summed E-state index contributed by atoms with van der Waals surface area (Å²) in [5.41, 5.74) is -0.537. The molecule has 0 bridgehead atoms. The molecule has 0 radical (unpaired) electrons. The molecule has 3 nitrogen and oxygen atoms in total. The molecule has 0 saturated carbocycles.